The minimum absolute atomic E-state index is 0.158. The highest BCUT2D eigenvalue weighted by Gasteiger charge is 2.65. The Balaban J connectivity index is 5.08. The highest BCUT2D eigenvalue weighted by Crippen LogP contribution is 2.44. The van der Waals surface area contributed by atoms with Crippen molar-refractivity contribution in [2.75, 3.05) is 0 Å². The van der Waals surface area contributed by atoms with E-state index in [4.69, 9.17) is 0 Å². The second-order valence-corrected chi connectivity index (χ2v) is 4.20. The van der Waals surface area contributed by atoms with Gasteiger partial charge in [0.25, 0.3) is 0 Å². The molecule has 0 radical (unpaired) electrons. The van der Waals surface area contributed by atoms with Crippen LogP contribution in [0, 0.1) is 0 Å². The quantitative estimate of drug-likeness (QED) is 0.338. The van der Waals surface area contributed by atoms with Gasteiger partial charge in [0, 0.05) is 22.6 Å². The predicted molar refractivity (Wildman–Crippen MR) is 33.9 cm³/mol. The lowest BCUT2D eigenvalue weighted by molar-refractivity contribution is -0.0797. The zero-order valence-electron chi connectivity index (χ0n) is 4.49. The summed E-state index contributed by atoms with van der Waals surface area (Å²) < 4.78 is 71.9. The normalized spacial score (nSPS) is 15.1. The molecule has 0 saturated carbocycles. The molecule has 0 amide bonds. The number of hydrogen-bond acceptors (Lipinski definition) is 2. The molecule has 68 valence electrons. The molecule has 0 aliphatic rings. The molecule has 0 unspecified atom stereocenters. The molecule has 0 bridgehead atoms. The summed E-state index contributed by atoms with van der Waals surface area (Å²) in [6.45, 7) is 0. The molecule has 0 aromatic heterocycles. The van der Waals surface area contributed by atoms with Crippen LogP contribution in [-0.2, 0) is 10.2 Å². The Morgan fingerprint density at radius 3 is 1.36 bits per heavy atom. The number of alkyl halides is 5. The monoisotopic (exact) mass is 310 g/mol. The lowest BCUT2D eigenvalue weighted by Crippen LogP contribution is -2.40. The molecule has 2 nitrogen and oxygen atoms in total. The number of halogens is 6. The van der Waals surface area contributed by atoms with E-state index in [9.17, 15) is 29.9 Å². The maximum Gasteiger partial charge on any atom is 0.445 e. The van der Waals surface area contributed by atoms with Crippen molar-refractivity contribution in [1.29, 1.82) is 0 Å². The zero-order chi connectivity index (χ0) is 9.50. The first-order chi connectivity index (χ1) is 4.50. The predicted octanol–water partition coefficient (Wildman–Crippen LogP) is 1.91. The van der Waals surface area contributed by atoms with Crippen LogP contribution < -0.4 is 0 Å². The summed E-state index contributed by atoms with van der Waals surface area (Å²) in [5.74, 6) is 0. The second-order valence-electron chi connectivity index (χ2n) is 1.45. The topological polar surface area (TPSA) is 34.1 Å². The van der Waals surface area contributed by atoms with Gasteiger partial charge in [-0.2, -0.15) is 26.0 Å². The van der Waals surface area contributed by atoms with E-state index >= 15 is 0 Å². The van der Waals surface area contributed by atoms with Crippen LogP contribution in [0.2, 0.25) is 0 Å². The Labute approximate surface area is 72.1 Å². The standard InChI is InChI=1S/C2F5IO2S/c3-1(4,8)2(5,6)11(7,9)10. The van der Waals surface area contributed by atoms with Crippen LogP contribution in [0.1, 0.15) is 0 Å². The van der Waals surface area contributed by atoms with Gasteiger partial charge in [0.1, 0.15) is 0 Å². The number of hydrogen-bond donors (Lipinski definition) is 0. The third-order valence-electron chi connectivity index (χ3n) is 0.636. The van der Waals surface area contributed by atoms with Crippen molar-refractivity contribution < 1.29 is 29.9 Å². The molecule has 0 atom stereocenters. The van der Waals surface area contributed by atoms with Crippen molar-refractivity contribution in [3.05, 3.63) is 0 Å². The van der Waals surface area contributed by atoms with Crippen LogP contribution in [0.5, 0.6) is 0 Å². The fraction of sp³-hybridized carbons (Fsp3) is 1.00. The summed E-state index contributed by atoms with van der Waals surface area (Å²) in [7, 11) is -6.55. The average Bonchev–Trinajstić information content (AvgIpc) is 1.58. The summed E-state index contributed by atoms with van der Waals surface area (Å²) >= 11 is -0.158. The van der Waals surface area contributed by atoms with E-state index in [1.165, 1.54) is 0 Å². The first kappa shape index (κ1) is 11.3. The van der Waals surface area contributed by atoms with Gasteiger partial charge in [0.2, 0.25) is 0 Å². The fourth-order valence-corrected chi connectivity index (χ4v) is 1.20. The molecule has 0 saturated heterocycles. The maximum atomic E-state index is 11.7. The van der Waals surface area contributed by atoms with Gasteiger partial charge in [0.15, 0.2) is 0 Å². The van der Waals surface area contributed by atoms with Crippen LogP contribution in [0.15, 0.2) is 0 Å². The lowest BCUT2D eigenvalue weighted by Gasteiger charge is -2.16. The van der Waals surface area contributed by atoms with Gasteiger partial charge in [-0.05, 0) is 0 Å². The van der Waals surface area contributed by atoms with Gasteiger partial charge in [-0.15, -0.1) is 0 Å². The fourth-order valence-electron chi connectivity index (χ4n) is 0.138. The Kier molecular flexibility index (Phi) is 2.76. The van der Waals surface area contributed by atoms with Crippen molar-refractivity contribution in [3.63, 3.8) is 0 Å². The largest absolute Gasteiger partial charge is 0.445 e. The van der Waals surface area contributed by atoms with Gasteiger partial charge < -0.3 is 0 Å². The second kappa shape index (κ2) is 2.68. The minimum Gasteiger partial charge on any atom is -0.188 e. The van der Waals surface area contributed by atoms with Gasteiger partial charge in [-0.25, -0.2) is 0 Å². The van der Waals surface area contributed by atoms with Gasteiger partial charge >= 0.3 is 19.4 Å². The average molecular weight is 310 g/mol. The van der Waals surface area contributed by atoms with E-state index in [0.717, 1.165) is 0 Å². The van der Waals surface area contributed by atoms with Crippen molar-refractivity contribution >= 4 is 32.8 Å². The smallest absolute Gasteiger partial charge is 0.188 e. The zero-order valence-corrected chi connectivity index (χ0v) is 7.47. The molecule has 11 heavy (non-hydrogen) atoms. The Bertz CT molecular complexity index is 240. The summed E-state index contributed by atoms with van der Waals surface area (Å²) in [6.07, 6.45) is 0. The Morgan fingerprint density at radius 2 is 1.36 bits per heavy atom. The third kappa shape index (κ3) is 2.13. The van der Waals surface area contributed by atoms with Crippen molar-refractivity contribution in [3.8, 4) is 0 Å². The van der Waals surface area contributed by atoms with Crippen LogP contribution >= 0.6 is 22.6 Å². The molecule has 0 aromatic rings. The molecular weight excluding hydrogens is 310 g/mol. The lowest BCUT2D eigenvalue weighted by atomic mass is 10.7. The third-order valence-corrected chi connectivity index (χ3v) is 2.55. The van der Waals surface area contributed by atoms with E-state index in [2.05, 4.69) is 0 Å². The maximum absolute atomic E-state index is 11.7. The summed E-state index contributed by atoms with van der Waals surface area (Å²) in [4.78, 5) is 0. The summed E-state index contributed by atoms with van der Waals surface area (Å²) in [5, 5.41) is -5.67. The van der Waals surface area contributed by atoms with E-state index in [0.29, 0.717) is 0 Å². The molecule has 0 N–H and O–H groups in total. The molecule has 0 aliphatic heterocycles. The number of rotatable bonds is 2. The van der Waals surface area contributed by atoms with E-state index < -0.39 is 19.4 Å². The van der Waals surface area contributed by atoms with E-state index in [-0.39, 0.29) is 22.6 Å². The molecule has 9 heteroatoms. The van der Waals surface area contributed by atoms with Crippen molar-refractivity contribution in [2.45, 2.75) is 9.18 Å². The molecule has 0 rings (SSSR count). The molecule has 0 aliphatic carbocycles. The first-order valence-electron chi connectivity index (χ1n) is 1.89. The molecule has 0 spiro atoms. The Hall–Kier alpha value is 0.330. The molecule has 0 fully saturated rings. The highest BCUT2D eigenvalue weighted by molar-refractivity contribution is 14.1. The van der Waals surface area contributed by atoms with Crippen LogP contribution in [0.25, 0.3) is 0 Å². The summed E-state index contributed by atoms with van der Waals surface area (Å²) in [6, 6.07) is 0. The van der Waals surface area contributed by atoms with Crippen LogP contribution in [0.4, 0.5) is 21.4 Å². The molecule has 0 aromatic carbocycles. The van der Waals surface area contributed by atoms with Gasteiger partial charge in [-0.3, -0.25) is 0 Å². The van der Waals surface area contributed by atoms with Crippen LogP contribution in [-0.4, -0.2) is 17.6 Å². The van der Waals surface area contributed by atoms with Gasteiger partial charge in [0.05, 0.1) is 0 Å². The highest BCUT2D eigenvalue weighted by atomic mass is 127. The first-order valence-corrected chi connectivity index (χ1v) is 4.35. The van der Waals surface area contributed by atoms with Gasteiger partial charge in [-0.1, -0.05) is 3.89 Å². The van der Waals surface area contributed by atoms with Crippen LogP contribution in [0.3, 0.4) is 0 Å². The van der Waals surface area contributed by atoms with E-state index in [1.807, 2.05) is 0 Å². The summed E-state index contributed by atoms with van der Waals surface area (Å²) in [5.41, 5.74) is 0. The van der Waals surface area contributed by atoms with Crippen molar-refractivity contribution in [2.24, 2.45) is 0 Å². The van der Waals surface area contributed by atoms with E-state index in [1.54, 1.807) is 0 Å². The SMILES string of the molecule is O=S(=O)(F)C(F)(F)C(F)(F)I. The van der Waals surface area contributed by atoms with Crippen molar-refractivity contribution in [1.82, 2.24) is 0 Å². The Morgan fingerprint density at radius 1 is 1.09 bits per heavy atom. The molecule has 0 heterocycles. The molecular formula is C2F5IO2S. The minimum atomic E-state index is -6.55.